The third kappa shape index (κ3) is 8.07. The largest absolute Gasteiger partial charge is 0.463 e. The van der Waals surface area contributed by atoms with Crippen molar-refractivity contribution in [1.29, 1.82) is 0 Å². The topological polar surface area (TPSA) is 50.8 Å². The second-order valence-electron chi connectivity index (χ2n) is 8.67. The van der Waals surface area contributed by atoms with E-state index in [1.165, 1.54) is 0 Å². The second kappa shape index (κ2) is 12.3. The first-order valence-corrected chi connectivity index (χ1v) is 11.0. The van der Waals surface area contributed by atoms with Crippen LogP contribution in [0.15, 0.2) is 37.0 Å². The van der Waals surface area contributed by atoms with Crippen LogP contribution in [0.25, 0.3) is 0 Å². The summed E-state index contributed by atoms with van der Waals surface area (Å²) >= 11 is 0. The number of carbonyl (C=O) groups excluding carboxylic acids is 1. The molecule has 0 spiro atoms. The third-order valence-electron chi connectivity index (χ3n) is 5.16. The lowest BCUT2D eigenvalue weighted by Gasteiger charge is -2.45. The van der Waals surface area contributed by atoms with Gasteiger partial charge in [-0.25, -0.2) is 4.79 Å². The highest BCUT2D eigenvalue weighted by molar-refractivity contribution is 5.89. The van der Waals surface area contributed by atoms with Crippen molar-refractivity contribution in [2.24, 2.45) is 0 Å². The number of carbonyl (C=O) groups is 1. The molecule has 0 saturated heterocycles. The lowest BCUT2D eigenvalue weighted by atomic mass is 9.85. The van der Waals surface area contributed by atoms with Crippen LogP contribution in [0.4, 0.5) is 0 Å². The average Bonchev–Trinajstić information content (AvgIpc) is 2.65. The quantitative estimate of drug-likeness (QED) is 0.388. The molecule has 0 fully saturated rings. The first kappa shape index (κ1) is 25.6. The fraction of sp³-hybridized carbons (Fsp3) is 0.708. The number of hydrogen-bond donors (Lipinski definition) is 1. The van der Waals surface area contributed by atoms with Crippen LogP contribution in [0, 0.1) is 0 Å². The average molecular weight is 407 g/mol. The van der Waals surface area contributed by atoms with Crippen LogP contribution in [0.1, 0.15) is 60.8 Å². The first-order valence-electron chi connectivity index (χ1n) is 11.0. The van der Waals surface area contributed by atoms with Gasteiger partial charge in [0.05, 0.1) is 24.9 Å². The fourth-order valence-electron chi connectivity index (χ4n) is 3.86. The van der Waals surface area contributed by atoms with Gasteiger partial charge in [0.25, 0.3) is 0 Å². The molecular formula is C24H42N2O3. The summed E-state index contributed by atoms with van der Waals surface area (Å²) in [4.78, 5) is 14.9. The Hall–Kier alpha value is -1.43. The van der Waals surface area contributed by atoms with Crippen LogP contribution in [-0.4, -0.2) is 60.4 Å². The minimum absolute atomic E-state index is 0.0358. The zero-order valence-corrected chi connectivity index (χ0v) is 19.4. The molecular weight excluding hydrogens is 364 g/mol. The zero-order valence-electron chi connectivity index (χ0n) is 19.4. The van der Waals surface area contributed by atoms with Gasteiger partial charge in [-0.15, -0.1) is 13.2 Å². The number of esters is 1. The molecule has 0 aromatic carbocycles. The van der Waals surface area contributed by atoms with Gasteiger partial charge in [0.15, 0.2) is 0 Å². The van der Waals surface area contributed by atoms with E-state index in [1.807, 2.05) is 25.2 Å². The Morgan fingerprint density at radius 1 is 1.24 bits per heavy atom. The van der Waals surface area contributed by atoms with Crippen molar-refractivity contribution in [2.45, 2.75) is 90.6 Å². The predicted octanol–water partition coefficient (Wildman–Crippen LogP) is 4.25. The summed E-state index contributed by atoms with van der Waals surface area (Å²) < 4.78 is 11.8. The SMILES string of the molecule is C=CCN(CC=C)[C@H]1CC(C(=O)OCC)=C[C@@H](OC(CC)CC)[C@H]1NC(C)(C)C. The fourth-order valence-corrected chi connectivity index (χ4v) is 3.86. The molecule has 5 heteroatoms. The number of hydrogen-bond acceptors (Lipinski definition) is 5. The van der Waals surface area contributed by atoms with Crippen LogP contribution < -0.4 is 5.32 Å². The van der Waals surface area contributed by atoms with Gasteiger partial charge in [-0.2, -0.15) is 0 Å². The molecule has 0 aromatic heterocycles. The monoisotopic (exact) mass is 406 g/mol. The minimum Gasteiger partial charge on any atom is -0.463 e. The number of rotatable bonds is 12. The Balaban J connectivity index is 3.39. The van der Waals surface area contributed by atoms with E-state index in [2.05, 4.69) is 58.0 Å². The van der Waals surface area contributed by atoms with E-state index in [0.29, 0.717) is 31.7 Å². The minimum atomic E-state index is -0.248. The van der Waals surface area contributed by atoms with Crippen molar-refractivity contribution in [3.05, 3.63) is 37.0 Å². The van der Waals surface area contributed by atoms with Crippen LogP contribution in [-0.2, 0) is 14.3 Å². The molecule has 1 aliphatic carbocycles. The van der Waals surface area contributed by atoms with Gasteiger partial charge >= 0.3 is 5.97 Å². The van der Waals surface area contributed by atoms with Crippen molar-refractivity contribution < 1.29 is 14.3 Å². The maximum Gasteiger partial charge on any atom is 0.333 e. The lowest BCUT2D eigenvalue weighted by molar-refractivity contribution is -0.139. The summed E-state index contributed by atoms with van der Waals surface area (Å²) in [7, 11) is 0. The van der Waals surface area contributed by atoms with Gasteiger partial charge in [0.2, 0.25) is 0 Å². The summed E-state index contributed by atoms with van der Waals surface area (Å²) in [6.45, 7) is 22.2. The second-order valence-corrected chi connectivity index (χ2v) is 8.67. The summed E-state index contributed by atoms with van der Waals surface area (Å²) in [5.74, 6) is -0.248. The molecule has 1 rings (SSSR count). The molecule has 1 N–H and O–H groups in total. The van der Waals surface area contributed by atoms with Crippen molar-refractivity contribution in [3.63, 3.8) is 0 Å². The molecule has 0 radical (unpaired) electrons. The summed E-state index contributed by atoms with van der Waals surface area (Å²) in [5, 5.41) is 3.77. The number of ether oxygens (including phenoxy) is 2. The molecule has 0 unspecified atom stereocenters. The molecule has 3 atom stereocenters. The van der Waals surface area contributed by atoms with Gasteiger partial charge in [0, 0.05) is 30.2 Å². The number of nitrogens with one attached hydrogen (secondary N) is 1. The molecule has 0 heterocycles. The molecule has 166 valence electrons. The molecule has 29 heavy (non-hydrogen) atoms. The van der Waals surface area contributed by atoms with E-state index >= 15 is 0 Å². The molecule has 5 nitrogen and oxygen atoms in total. The molecule has 0 amide bonds. The normalized spacial score (nSPS) is 22.5. The Labute approximate surface area is 178 Å². The van der Waals surface area contributed by atoms with E-state index in [9.17, 15) is 4.79 Å². The molecule has 0 saturated carbocycles. The zero-order chi connectivity index (χ0) is 22.0. The van der Waals surface area contributed by atoms with Gasteiger partial charge in [-0.3, -0.25) is 4.90 Å². The summed E-state index contributed by atoms with van der Waals surface area (Å²) in [6.07, 6.45) is 8.20. The van der Waals surface area contributed by atoms with Gasteiger partial charge in [-0.05, 0) is 53.0 Å². The van der Waals surface area contributed by atoms with E-state index in [4.69, 9.17) is 9.47 Å². The lowest BCUT2D eigenvalue weighted by Crippen LogP contribution is -2.62. The molecule has 1 aliphatic rings. The van der Waals surface area contributed by atoms with E-state index in [-0.39, 0.29) is 35.8 Å². The van der Waals surface area contributed by atoms with Crippen molar-refractivity contribution in [1.82, 2.24) is 10.2 Å². The maximum absolute atomic E-state index is 12.6. The number of nitrogens with zero attached hydrogens (tertiary/aromatic N) is 1. The molecule has 0 aromatic rings. The molecule has 0 aliphatic heterocycles. The smallest absolute Gasteiger partial charge is 0.333 e. The Morgan fingerprint density at radius 2 is 1.83 bits per heavy atom. The predicted molar refractivity (Wildman–Crippen MR) is 121 cm³/mol. The third-order valence-corrected chi connectivity index (χ3v) is 5.16. The Bertz CT molecular complexity index is 551. The van der Waals surface area contributed by atoms with Gasteiger partial charge < -0.3 is 14.8 Å². The first-order chi connectivity index (χ1) is 13.7. The maximum atomic E-state index is 12.6. The highest BCUT2D eigenvalue weighted by atomic mass is 16.5. The van der Waals surface area contributed by atoms with E-state index in [1.54, 1.807) is 0 Å². The van der Waals surface area contributed by atoms with Crippen molar-refractivity contribution in [3.8, 4) is 0 Å². The summed E-state index contributed by atoms with van der Waals surface area (Å²) in [5.41, 5.74) is 0.597. The Kier molecular flexibility index (Phi) is 10.9. The van der Waals surface area contributed by atoms with Crippen LogP contribution in [0.2, 0.25) is 0 Å². The van der Waals surface area contributed by atoms with Crippen LogP contribution in [0.3, 0.4) is 0 Å². The summed E-state index contributed by atoms with van der Waals surface area (Å²) in [6, 6.07) is 0.0997. The highest BCUT2D eigenvalue weighted by Gasteiger charge is 2.41. The van der Waals surface area contributed by atoms with E-state index in [0.717, 1.165) is 12.8 Å². The van der Waals surface area contributed by atoms with E-state index < -0.39 is 0 Å². The van der Waals surface area contributed by atoms with Crippen molar-refractivity contribution >= 4 is 5.97 Å². The molecule has 0 bridgehead atoms. The van der Waals surface area contributed by atoms with Gasteiger partial charge in [-0.1, -0.05) is 26.0 Å². The van der Waals surface area contributed by atoms with Gasteiger partial charge in [0.1, 0.15) is 0 Å². The standard InChI is InChI=1S/C24H42N2O3/c1-9-14-26(15-10-2)20-16-18(23(27)28-13-5)17-21(29-19(11-3)12-4)22(20)25-24(6,7)8/h9-10,17,19-22,25H,1-2,11-16H2,3-8H3/t20-,21+,22-/m0/s1. The van der Waals surface area contributed by atoms with Crippen LogP contribution >= 0.6 is 0 Å². The van der Waals surface area contributed by atoms with Crippen molar-refractivity contribution in [2.75, 3.05) is 19.7 Å². The highest BCUT2D eigenvalue weighted by Crippen LogP contribution is 2.29. The Morgan fingerprint density at radius 3 is 2.28 bits per heavy atom. The van der Waals surface area contributed by atoms with Crippen LogP contribution in [0.5, 0.6) is 0 Å².